The van der Waals surface area contributed by atoms with Crippen LogP contribution in [0.2, 0.25) is 0 Å². The summed E-state index contributed by atoms with van der Waals surface area (Å²) in [5, 5.41) is 9.66. The molecule has 22 heavy (non-hydrogen) atoms. The van der Waals surface area contributed by atoms with E-state index in [1.165, 1.54) is 45.6 Å². The highest BCUT2D eigenvalue weighted by Crippen LogP contribution is 2.35. The maximum Gasteiger partial charge on any atom is 0.347 e. The Kier molecular flexibility index (Phi) is 4.73. The predicted molar refractivity (Wildman–Crippen MR) is 79.2 cm³/mol. The van der Waals surface area contributed by atoms with E-state index in [2.05, 4.69) is 0 Å². The Morgan fingerprint density at radius 1 is 0.864 bits per heavy atom. The van der Waals surface area contributed by atoms with Crippen molar-refractivity contribution in [2.45, 2.75) is 0 Å². The summed E-state index contributed by atoms with van der Waals surface area (Å²) in [6, 6.07) is 9.17. The summed E-state index contributed by atoms with van der Waals surface area (Å²) in [5.41, 5.74) is 0.156. The number of carbonyl (C=O) groups excluding carboxylic acids is 1. The number of phenols is 1. The summed E-state index contributed by atoms with van der Waals surface area (Å²) in [7, 11) is 4.37. The fourth-order valence-corrected chi connectivity index (χ4v) is 1.89. The van der Waals surface area contributed by atoms with Gasteiger partial charge in [0, 0.05) is 12.1 Å². The van der Waals surface area contributed by atoms with Crippen LogP contribution >= 0.6 is 0 Å². The molecule has 0 aliphatic carbocycles. The van der Waals surface area contributed by atoms with Crippen molar-refractivity contribution in [3.63, 3.8) is 0 Å². The van der Waals surface area contributed by atoms with Gasteiger partial charge in [-0.25, -0.2) is 4.79 Å². The molecule has 0 atom stereocenters. The van der Waals surface area contributed by atoms with Crippen molar-refractivity contribution < 1.29 is 28.8 Å². The minimum absolute atomic E-state index is 0.0596. The lowest BCUT2D eigenvalue weighted by Crippen LogP contribution is -2.11. The molecule has 0 saturated carbocycles. The summed E-state index contributed by atoms with van der Waals surface area (Å²) in [4.78, 5) is 12.3. The van der Waals surface area contributed by atoms with Crippen molar-refractivity contribution >= 4 is 5.97 Å². The molecule has 0 saturated heterocycles. The predicted octanol–water partition coefficient (Wildman–Crippen LogP) is 2.64. The molecule has 0 radical (unpaired) electrons. The summed E-state index contributed by atoms with van der Waals surface area (Å²) in [6.07, 6.45) is 0. The van der Waals surface area contributed by atoms with Crippen molar-refractivity contribution in [2.24, 2.45) is 0 Å². The number of carbonyl (C=O) groups is 1. The number of methoxy groups -OCH3 is 3. The molecule has 0 spiro atoms. The first-order valence-corrected chi connectivity index (χ1v) is 6.41. The third kappa shape index (κ3) is 3.06. The first kappa shape index (κ1) is 15.5. The smallest absolute Gasteiger partial charge is 0.347 e. The Labute approximate surface area is 127 Å². The monoisotopic (exact) mass is 304 g/mol. The van der Waals surface area contributed by atoms with Gasteiger partial charge in [-0.05, 0) is 12.1 Å². The zero-order valence-corrected chi connectivity index (χ0v) is 12.5. The first-order valence-electron chi connectivity index (χ1n) is 6.41. The molecular weight excluding hydrogens is 288 g/mol. The summed E-state index contributed by atoms with van der Waals surface area (Å²) >= 11 is 0. The molecule has 116 valence electrons. The highest BCUT2D eigenvalue weighted by Gasteiger charge is 2.20. The van der Waals surface area contributed by atoms with Gasteiger partial charge in [-0.3, -0.25) is 0 Å². The molecule has 6 nitrogen and oxygen atoms in total. The Hall–Kier alpha value is -2.89. The van der Waals surface area contributed by atoms with E-state index < -0.39 is 5.97 Å². The number of rotatable bonds is 5. The Morgan fingerprint density at radius 2 is 1.45 bits per heavy atom. The van der Waals surface area contributed by atoms with Crippen LogP contribution < -0.4 is 18.9 Å². The minimum atomic E-state index is -0.681. The van der Waals surface area contributed by atoms with Crippen LogP contribution in [0.3, 0.4) is 0 Å². The molecule has 0 bridgehead atoms. The summed E-state index contributed by atoms with van der Waals surface area (Å²) in [6.45, 7) is 0. The molecule has 0 fully saturated rings. The lowest BCUT2D eigenvalue weighted by atomic mass is 10.1. The van der Waals surface area contributed by atoms with E-state index in [1.54, 1.807) is 12.1 Å². The van der Waals surface area contributed by atoms with Gasteiger partial charge in [-0.2, -0.15) is 0 Å². The molecule has 0 amide bonds. The molecule has 0 aliphatic heterocycles. The second-order valence-electron chi connectivity index (χ2n) is 4.26. The van der Waals surface area contributed by atoms with Crippen molar-refractivity contribution in [1.29, 1.82) is 0 Å². The zero-order valence-electron chi connectivity index (χ0n) is 12.5. The van der Waals surface area contributed by atoms with Crippen LogP contribution in [0, 0.1) is 0 Å². The van der Waals surface area contributed by atoms with E-state index >= 15 is 0 Å². The van der Waals surface area contributed by atoms with E-state index in [1.807, 2.05) is 0 Å². The molecule has 1 N–H and O–H groups in total. The van der Waals surface area contributed by atoms with E-state index in [-0.39, 0.29) is 22.8 Å². The van der Waals surface area contributed by atoms with Gasteiger partial charge < -0.3 is 24.1 Å². The molecular formula is C16H16O6. The first-order chi connectivity index (χ1) is 10.6. The topological polar surface area (TPSA) is 74.2 Å². The number of esters is 1. The van der Waals surface area contributed by atoms with Crippen LogP contribution in [0.25, 0.3) is 0 Å². The van der Waals surface area contributed by atoms with E-state index in [4.69, 9.17) is 18.9 Å². The molecule has 0 aliphatic rings. The van der Waals surface area contributed by atoms with Gasteiger partial charge in [0.05, 0.1) is 21.3 Å². The third-order valence-corrected chi connectivity index (χ3v) is 2.99. The van der Waals surface area contributed by atoms with E-state index in [9.17, 15) is 9.90 Å². The highest BCUT2D eigenvalue weighted by atomic mass is 16.5. The number of hydrogen-bond acceptors (Lipinski definition) is 6. The van der Waals surface area contributed by atoms with Crippen LogP contribution in [-0.4, -0.2) is 32.4 Å². The highest BCUT2D eigenvalue weighted by molar-refractivity contribution is 5.95. The van der Waals surface area contributed by atoms with Crippen molar-refractivity contribution in [3.8, 4) is 28.7 Å². The van der Waals surface area contributed by atoms with Crippen LogP contribution in [-0.2, 0) is 0 Å². The SMILES string of the molecule is COc1cc(OC)c(C(=O)Oc2ccccc2O)cc1OC. The number of phenolic OH excluding ortho intramolecular Hbond substituents is 1. The van der Waals surface area contributed by atoms with Crippen molar-refractivity contribution in [3.05, 3.63) is 42.0 Å². The van der Waals surface area contributed by atoms with Crippen molar-refractivity contribution in [2.75, 3.05) is 21.3 Å². The number of hydrogen-bond donors (Lipinski definition) is 1. The quantitative estimate of drug-likeness (QED) is 0.676. The molecule has 0 unspecified atom stereocenters. The average Bonchev–Trinajstić information content (AvgIpc) is 2.55. The van der Waals surface area contributed by atoms with Gasteiger partial charge in [0.1, 0.15) is 11.3 Å². The molecule has 6 heteroatoms. The van der Waals surface area contributed by atoms with Gasteiger partial charge in [0.25, 0.3) is 0 Å². The fourth-order valence-electron chi connectivity index (χ4n) is 1.89. The fraction of sp³-hybridized carbons (Fsp3) is 0.188. The van der Waals surface area contributed by atoms with Gasteiger partial charge in [-0.15, -0.1) is 0 Å². The number of para-hydroxylation sites is 2. The van der Waals surface area contributed by atoms with Crippen LogP contribution in [0.1, 0.15) is 10.4 Å². The maximum atomic E-state index is 12.3. The summed E-state index contributed by atoms with van der Waals surface area (Å²) in [5.74, 6) is 0.322. The largest absolute Gasteiger partial charge is 0.504 e. The van der Waals surface area contributed by atoms with Gasteiger partial charge in [0.2, 0.25) is 0 Å². The lowest BCUT2D eigenvalue weighted by molar-refractivity contribution is 0.0725. The van der Waals surface area contributed by atoms with Crippen molar-refractivity contribution in [1.82, 2.24) is 0 Å². The standard InChI is InChI=1S/C16H16O6/c1-19-13-9-15(21-3)14(20-2)8-10(13)16(18)22-12-7-5-4-6-11(12)17/h4-9,17H,1-3H3. The van der Waals surface area contributed by atoms with Gasteiger partial charge >= 0.3 is 5.97 Å². The van der Waals surface area contributed by atoms with E-state index in [0.717, 1.165) is 0 Å². The van der Waals surface area contributed by atoms with Gasteiger partial charge in [0.15, 0.2) is 23.0 Å². The number of ether oxygens (including phenoxy) is 4. The Balaban J connectivity index is 2.38. The molecule has 2 aromatic carbocycles. The van der Waals surface area contributed by atoms with E-state index in [0.29, 0.717) is 11.5 Å². The number of benzene rings is 2. The van der Waals surface area contributed by atoms with Crippen LogP contribution in [0.5, 0.6) is 28.7 Å². The average molecular weight is 304 g/mol. The third-order valence-electron chi connectivity index (χ3n) is 2.99. The summed E-state index contributed by atoms with van der Waals surface area (Å²) < 4.78 is 20.7. The molecule has 0 heterocycles. The van der Waals surface area contributed by atoms with Crippen LogP contribution in [0.15, 0.2) is 36.4 Å². The second kappa shape index (κ2) is 6.71. The number of aromatic hydroxyl groups is 1. The van der Waals surface area contributed by atoms with Crippen LogP contribution in [0.4, 0.5) is 0 Å². The normalized spacial score (nSPS) is 9.95. The molecule has 2 rings (SSSR count). The maximum absolute atomic E-state index is 12.3. The lowest BCUT2D eigenvalue weighted by Gasteiger charge is -2.13. The Morgan fingerprint density at radius 3 is 2.05 bits per heavy atom. The second-order valence-corrected chi connectivity index (χ2v) is 4.26. The molecule has 0 aromatic heterocycles. The van der Waals surface area contributed by atoms with Gasteiger partial charge in [-0.1, -0.05) is 12.1 Å². The minimum Gasteiger partial charge on any atom is -0.504 e. The zero-order chi connectivity index (χ0) is 16.1. The molecule has 2 aromatic rings. The Bertz CT molecular complexity index is 680.